The number of rotatable bonds is 15. The minimum absolute atomic E-state index is 0.117. The SMILES string of the molecule is CCCCCCCOc1ccc(-c2cnc(-c3ccc(C[C@H](NC(=O)c4ccc(C(C)(C)C)nc4)C(=O)N4CC(C(=O)O)C4)cc3)nc2)cc1. The summed E-state index contributed by atoms with van der Waals surface area (Å²) in [6.07, 6.45) is 11.3. The molecule has 2 aromatic carbocycles. The molecule has 4 aromatic rings. The average Bonchev–Trinajstić information content (AvgIpc) is 3.09. The van der Waals surface area contributed by atoms with E-state index in [0.717, 1.165) is 46.7 Å². The van der Waals surface area contributed by atoms with Gasteiger partial charge >= 0.3 is 5.97 Å². The Labute approximate surface area is 294 Å². The molecule has 50 heavy (non-hydrogen) atoms. The topological polar surface area (TPSA) is 135 Å². The van der Waals surface area contributed by atoms with Crippen LogP contribution >= 0.6 is 0 Å². The summed E-state index contributed by atoms with van der Waals surface area (Å²) in [5.41, 5.74) is 4.56. The highest BCUT2D eigenvalue weighted by atomic mass is 16.5. The summed E-state index contributed by atoms with van der Waals surface area (Å²) in [6, 6.07) is 18.1. The lowest BCUT2D eigenvalue weighted by Crippen LogP contribution is -2.59. The normalized spacial score (nSPS) is 13.7. The van der Waals surface area contributed by atoms with Crippen molar-refractivity contribution in [2.24, 2.45) is 5.92 Å². The van der Waals surface area contributed by atoms with Crippen LogP contribution in [0.5, 0.6) is 5.75 Å². The summed E-state index contributed by atoms with van der Waals surface area (Å²) in [5.74, 6) is -0.853. The number of benzene rings is 2. The maximum Gasteiger partial charge on any atom is 0.310 e. The molecule has 10 heteroatoms. The molecular formula is C40H47N5O5. The number of likely N-dealkylation sites (tertiary alicyclic amines) is 1. The number of carboxylic acids is 1. The summed E-state index contributed by atoms with van der Waals surface area (Å²) in [4.78, 5) is 53.2. The third-order valence-corrected chi connectivity index (χ3v) is 8.95. The van der Waals surface area contributed by atoms with Crippen molar-refractivity contribution in [1.29, 1.82) is 0 Å². The fraction of sp³-hybridized carbons (Fsp3) is 0.400. The van der Waals surface area contributed by atoms with Crippen molar-refractivity contribution < 1.29 is 24.2 Å². The van der Waals surface area contributed by atoms with Gasteiger partial charge in [0.05, 0.1) is 18.1 Å². The number of aliphatic carboxylic acids is 1. The third kappa shape index (κ3) is 9.52. The van der Waals surface area contributed by atoms with Crippen LogP contribution in [0.3, 0.4) is 0 Å². The van der Waals surface area contributed by atoms with Gasteiger partial charge in [-0.3, -0.25) is 19.4 Å². The molecule has 0 saturated carbocycles. The van der Waals surface area contributed by atoms with Crippen LogP contribution in [0.25, 0.3) is 22.5 Å². The fourth-order valence-corrected chi connectivity index (χ4v) is 5.74. The molecule has 0 spiro atoms. The lowest BCUT2D eigenvalue weighted by molar-refractivity contribution is -0.153. The number of hydrogen-bond acceptors (Lipinski definition) is 7. The van der Waals surface area contributed by atoms with Crippen molar-refractivity contribution in [2.75, 3.05) is 19.7 Å². The van der Waals surface area contributed by atoms with Gasteiger partial charge in [-0.2, -0.15) is 0 Å². The summed E-state index contributed by atoms with van der Waals surface area (Å²) in [5, 5.41) is 12.2. The van der Waals surface area contributed by atoms with E-state index in [1.165, 1.54) is 36.8 Å². The Hall–Kier alpha value is -5.12. The van der Waals surface area contributed by atoms with Gasteiger partial charge in [0, 0.05) is 60.3 Å². The molecule has 1 saturated heterocycles. The van der Waals surface area contributed by atoms with Gasteiger partial charge in [0.15, 0.2) is 5.82 Å². The molecule has 0 unspecified atom stereocenters. The Morgan fingerprint density at radius 1 is 0.840 bits per heavy atom. The maximum atomic E-state index is 13.5. The van der Waals surface area contributed by atoms with Crippen LogP contribution in [0.15, 0.2) is 79.3 Å². The van der Waals surface area contributed by atoms with E-state index < -0.39 is 23.8 Å². The van der Waals surface area contributed by atoms with Crippen molar-refractivity contribution in [3.8, 4) is 28.3 Å². The van der Waals surface area contributed by atoms with Gasteiger partial charge in [-0.1, -0.05) is 89.8 Å². The zero-order valence-corrected chi connectivity index (χ0v) is 29.4. The molecule has 262 valence electrons. The zero-order valence-electron chi connectivity index (χ0n) is 29.4. The average molecular weight is 678 g/mol. The van der Waals surface area contributed by atoms with Gasteiger partial charge in [-0.05, 0) is 41.8 Å². The van der Waals surface area contributed by atoms with Gasteiger partial charge in [-0.25, -0.2) is 9.97 Å². The number of nitrogens with one attached hydrogen (secondary N) is 1. The number of nitrogens with zero attached hydrogens (tertiary/aromatic N) is 4. The van der Waals surface area contributed by atoms with Crippen molar-refractivity contribution in [3.05, 3.63) is 96.1 Å². The maximum absolute atomic E-state index is 13.5. The molecule has 0 aliphatic carbocycles. The number of carboxylic acid groups (broad SMARTS) is 1. The van der Waals surface area contributed by atoms with E-state index in [0.29, 0.717) is 11.4 Å². The van der Waals surface area contributed by atoms with Gasteiger partial charge in [0.1, 0.15) is 11.8 Å². The van der Waals surface area contributed by atoms with E-state index in [4.69, 9.17) is 4.74 Å². The number of ether oxygens (including phenoxy) is 1. The van der Waals surface area contributed by atoms with E-state index in [1.54, 1.807) is 18.5 Å². The van der Waals surface area contributed by atoms with Gasteiger partial charge in [-0.15, -0.1) is 0 Å². The number of unbranched alkanes of at least 4 members (excludes halogenated alkanes) is 4. The Morgan fingerprint density at radius 2 is 1.50 bits per heavy atom. The second-order valence-electron chi connectivity index (χ2n) is 14.0. The molecule has 0 radical (unpaired) electrons. The van der Waals surface area contributed by atoms with E-state index in [-0.39, 0.29) is 30.8 Å². The first kappa shape index (κ1) is 36.2. The Bertz CT molecular complexity index is 1730. The number of pyridine rings is 1. The lowest BCUT2D eigenvalue weighted by atomic mass is 9.91. The van der Waals surface area contributed by atoms with Gasteiger partial charge < -0.3 is 20.1 Å². The number of aromatic nitrogens is 3. The minimum atomic E-state index is -0.934. The molecular weight excluding hydrogens is 630 g/mol. The van der Waals surface area contributed by atoms with Crippen molar-refractivity contribution in [2.45, 2.75) is 77.7 Å². The standard InChI is InChI=1S/C40H47N5O5/c1-5-6-7-8-9-20-50-33-17-14-28(15-18-33)31-23-42-36(43-24-31)29-12-10-27(11-13-29)21-34(38(47)45-25-32(26-45)39(48)49)44-37(46)30-16-19-35(41-22-30)40(2,3)4/h10-19,22-24,32,34H,5-9,20-21,25-26H2,1-4H3,(H,44,46)(H,48,49)/t34-/m0/s1. The molecule has 1 atom stereocenters. The number of amides is 2. The van der Waals surface area contributed by atoms with Crippen LogP contribution in [0, 0.1) is 5.92 Å². The quantitative estimate of drug-likeness (QED) is 0.132. The molecule has 2 amide bonds. The van der Waals surface area contributed by atoms with Crippen LogP contribution in [0.1, 0.15) is 81.4 Å². The number of carbonyl (C=O) groups excluding carboxylic acids is 2. The summed E-state index contributed by atoms with van der Waals surface area (Å²) >= 11 is 0. The van der Waals surface area contributed by atoms with E-state index >= 15 is 0 Å². The van der Waals surface area contributed by atoms with Crippen molar-refractivity contribution in [1.82, 2.24) is 25.2 Å². The van der Waals surface area contributed by atoms with Gasteiger partial charge in [0.2, 0.25) is 5.91 Å². The Kier molecular flexibility index (Phi) is 12.0. The van der Waals surface area contributed by atoms with Crippen LogP contribution in [0.2, 0.25) is 0 Å². The van der Waals surface area contributed by atoms with E-state index in [2.05, 4.69) is 27.2 Å². The van der Waals surface area contributed by atoms with Crippen molar-refractivity contribution in [3.63, 3.8) is 0 Å². The largest absolute Gasteiger partial charge is 0.494 e. The first-order chi connectivity index (χ1) is 24.0. The second-order valence-corrected chi connectivity index (χ2v) is 14.0. The lowest BCUT2D eigenvalue weighted by Gasteiger charge is -2.39. The molecule has 2 aromatic heterocycles. The van der Waals surface area contributed by atoms with Gasteiger partial charge in [0.25, 0.3) is 5.91 Å². The molecule has 0 bridgehead atoms. The number of hydrogen-bond donors (Lipinski definition) is 2. The predicted octanol–water partition coefficient (Wildman–Crippen LogP) is 6.74. The van der Waals surface area contributed by atoms with Crippen LogP contribution < -0.4 is 10.1 Å². The van der Waals surface area contributed by atoms with Crippen LogP contribution in [0.4, 0.5) is 0 Å². The van der Waals surface area contributed by atoms with E-state index in [9.17, 15) is 19.5 Å². The molecule has 1 aliphatic rings. The third-order valence-electron chi connectivity index (χ3n) is 8.95. The second kappa shape index (κ2) is 16.5. The van der Waals surface area contributed by atoms with Crippen LogP contribution in [-0.2, 0) is 21.4 Å². The summed E-state index contributed by atoms with van der Waals surface area (Å²) < 4.78 is 5.89. The predicted molar refractivity (Wildman–Crippen MR) is 193 cm³/mol. The monoisotopic (exact) mass is 677 g/mol. The van der Waals surface area contributed by atoms with Crippen molar-refractivity contribution >= 4 is 17.8 Å². The van der Waals surface area contributed by atoms with E-state index in [1.807, 2.05) is 75.4 Å². The first-order valence-electron chi connectivity index (χ1n) is 17.5. The molecule has 2 N–H and O–H groups in total. The zero-order chi connectivity index (χ0) is 35.7. The summed E-state index contributed by atoms with van der Waals surface area (Å²) in [7, 11) is 0. The highest BCUT2D eigenvalue weighted by Crippen LogP contribution is 2.25. The highest BCUT2D eigenvalue weighted by Gasteiger charge is 2.39. The van der Waals surface area contributed by atoms with Crippen LogP contribution in [-0.4, -0.2) is 68.5 Å². The Morgan fingerprint density at radius 3 is 2.10 bits per heavy atom. The Balaban J connectivity index is 1.22. The number of carbonyl (C=O) groups is 3. The minimum Gasteiger partial charge on any atom is -0.494 e. The summed E-state index contributed by atoms with van der Waals surface area (Å²) in [6.45, 7) is 9.30. The molecule has 3 heterocycles. The highest BCUT2D eigenvalue weighted by molar-refractivity contribution is 5.97. The molecule has 1 fully saturated rings. The molecule has 10 nitrogen and oxygen atoms in total. The molecule has 5 rings (SSSR count). The smallest absolute Gasteiger partial charge is 0.310 e. The molecule has 1 aliphatic heterocycles. The fourth-order valence-electron chi connectivity index (χ4n) is 5.74. The first-order valence-corrected chi connectivity index (χ1v) is 17.5.